The molecule has 0 aliphatic rings. The number of carbonyl (C=O) groups excluding carboxylic acids is 3. The molecule has 8 nitrogen and oxygen atoms in total. The number of ether oxygens (including phenoxy) is 1. The van der Waals surface area contributed by atoms with Crippen LogP contribution >= 0.6 is 0 Å². The lowest BCUT2D eigenvalue weighted by molar-refractivity contribution is -0.129. The van der Waals surface area contributed by atoms with E-state index in [9.17, 15) is 19.2 Å². The number of aromatic amines is 1. The molecule has 0 spiro atoms. The standard InChI is InChI=1S/C17H17N3O5/c1-2-18-17(24)20-15(22)13(11-7-4-3-5-8-11)25-16(23)12-9-6-10-19-14(12)21/h3-10,13H,2H2,1H3,(H,19,21)(H2,18,20,22,24)/t13-/m1/s1. The van der Waals surface area contributed by atoms with Gasteiger partial charge in [-0.3, -0.25) is 14.9 Å². The van der Waals surface area contributed by atoms with Crippen LogP contribution in [0, 0.1) is 0 Å². The number of carbonyl (C=O) groups is 3. The van der Waals surface area contributed by atoms with Crippen LogP contribution in [0.2, 0.25) is 0 Å². The molecule has 1 heterocycles. The molecule has 0 aliphatic carbocycles. The zero-order valence-electron chi connectivity index (χ0n) is 13.4. The van der Waals surface area contributed by atoms with Gasteiger partial charge in [0.05, 0.1) is 0 Å². The van der Waals surface area contributed by atoms with Crippen molar-refractivity contribution >= 4 is 17.9 Å². The summed E-state index contributed by atoms with van der Waals surface area (Å²) in [6.07, 6.45) is -0.00816. The van der Waals surface area contributed by atoms with E-state index in [1.807, 2.05) is 0 Å². The number of esters is 1. The minimum atomic E-state index is -1.38. The van der Waals surface area contributed by atoms with Crippen molar-refractivity contribution < 1.29 is 19.1 Å². The summed E-state index contributed by atoms with van der Waals surface area (Å²) >= 11 is 0. The summed E-state index contributed by atoms with van der Waals surface area (Å²) in [5.41, 5.74) is -0.511. The smallest absolute Gasteiger partial charge is 0.344 e. The van der Waals surface area contributed by atoms with E-state index in [0.29, 0.717) is 12.1 Å². The van der Waals surface area contributed by atoms with E-state index in [1.165, 1.54) is 18.3 Å². The van der Waals surface area contributed by atoms with Gasteiger partial charge in [-0.25, -0.2) is 9.59 Å². The normalized spacial score (nSPS) is 11.2. The highest BCUT2D eigenvalue weighted by Gasteiger charge is 2.27. The highest BCUT2D eigenvalue weighted by molar-refractivity contribution is 5.99. The summed E-state index contributed by atoms with van der Waals surface area (Å²) < 4.78 is 5.19. The molecule has 130 valence electrons. The summed E-state index contributed by atoms with van der Waals surface area (Å²) in [6.45, 7) is 2.02. The predicted octanol–water partition coefficient (Wildman–Crippen LogP) is 1.12. The number of hydrogen-bond acceptors (Lipinski definition) is 5. The fourth-order valence-electron chi connectivity index (χ4n) is 2.04. The molecule has 0 fully saturated rings. The van der Waals surface area contributed by atoms with Crippen LogP contribution in [0.15, 0.2) is 53.5 Å². The molecule has 0 aliphatic heterocycles. The fourth-order valence-corrected chi connectivity index (χ4v) is 2.04. The molecule has 0 saturated carbocycles. The monoisotopic (exact) mass is 343 g/mol. The second kappa shape index (κ2) is 8.44. The van der Waals surface area contributed by atoms with Crippen molar-refractivity contribution in [3.8, 4) is 0 Å². The van der Waals surface area contributed by atoms with E-state index in [-0.39, 0.29) is 5.56 Å². The van der Waals surface area contributed by atoms with Gasteiger partial charge in [0.1, 0.15) is 5.56 Å². The number of nitrogens with one attached hydrogen (secondary N) is 3. The van der Waals surface area contributed by atoms with Crippen LogP contribution in [0.1, 0.15) is 28.9 Å². The Bertz CT molecular complexity index is 816. The Hall–Kier alpha value is -3.42. The minimum absolute atomic E-state index is 0.241. The number of imide groups is 1. The highest BCUT2D eigenvalue weighted by Crippen LogP contribution is 2.19. The largest absolute Gasteiger partial charge is 0.444 e. The maximum Gasteiger partial charge on any atom is 0.344 e. The van der Waals surface area contributed by atoms with Gasteiger partial charge in [-0.1, -0.05) is 30.3 Å². The molecule has 25 heavy (non-hydrogen) atoms. The first kappa shape index (κ1) is 17.9. The van der Waals surface area contributed by atoms with Gasteiger partial charge in [-0.2, -0.15) is 0 Å². The topological polar surface area (TPSA) is 117 Å². The maximum absolute atomic E-state index is 12.3. The molecular formula is C17H17N3O5. The molecule has 0 saturated heterocycles. The lowest BCUT2D eigenvalue weighted by Gasteiger charge is -2.17. The van der Waals surface area contributed by atoms with Crippen molar-refractivity contribution in [3.63, 3.8) is 0 Å². The van der Waals surface area contributed by atoms with Crippen molar-refractivity contribution in [2.75, 3.05) is 6.54 Å². The molecule has 2 rings (SSSR count). The number of amides is 3. The van der Waals surface area contributed by atoms with Crippen LogP contribution in [0.3, 0.4) is 0 Å². The maximum atomic E-state index is 12.3. The lowest BCUT2D eigenvalue weighted by Crippen LogP contribution is -2.42. The molecular weight excluding hydrogens is 326 g/mol. The van der Waals surface area contributed by atoms with Gasteiger partial charge in [0.2, 0.25) is 6.10 Å². The first-order valence-corrected chi connectivity index (χ1v) is 7.55. The van der Waals surface area contributed by atoms with Gasteiger partial charge < -0.3 is 15.0 Å². The molecule has 3 N–H and O–H groups in total. The first-order chi connectivity index (χ1) is 12.0. The van der Waals surface area contributed by atoms with Gasteiger partial charge in [-0.15, -0.1) is 0 Å². The molecule has 1 aromatic carbocycles. The summed E-state index contributed by atoms with van der Waals surface area (Å²) in [7, 11) is 0. The average molecular weight is 343 g/mol. The summed E-state index contributed by atoms with van der Waals surface area (Å²) in [4.78, 5) is 50.2. The van der Waals surface area contributed by atoms with E-state index in [1.54, 1.807) is 37.3 Å². The van der Waals surface area contributed by atoms with Crippen LogP contribution in [0.5, 0.6) is 0 Å². The highest BCUT2D eigenvalue weighted by atomic mass is 16.5. The van der Waals surface area contributed by atoms with Crippen molar-refractivity contribution in [3.05, 3.63) is 70.1 Å². The Morgan fingerprint density at radius 2 is 1.84 bits per heavy atom. The van der Waals surface area contributed by atoms with Crippen LogP contribution in [-0.2, 0) is 9.53 Å². The van der Waals surface area contributed by atoms with E-state index < -0.39 is 29.6 Å². The molecule has 0 unspecified atom stereocenters. The Morgan fingerprint density at radius 1 is 1.12 bits per heavy atom. The molecule has 8 heteroatoms. The number of urea groups is 1. The van der Waals surface area contributed by atoms with E-state index in [4.69, 9.17) is 4.74 Å². The van der Waals surface area contributed by atoms with Crippen LogP contribution in [-0.4, -0.2) is 29.4 Å². The Morgan fingerprint density at radius 3 is 2.48 bits per heavy atom. The number of benzene rings is 1. The minimum Gasteiger partial charge on any atom is -0.444 e. The van der Waals surface area contributed by atoms with Crippen molar-refractivity contribution in [1.82, 2.24) is 15.6 Å². The van der Waals surface area contributed by atoms with Crippen molar-refractivity contribution in [2.45, 2.75) is 13.0 Å². The van der Waals surface area contributed by atoms with Crippen LogP contribution < -0.4 is 16.2 Å². The van der Waals surface area contributed by atoms with Crippen LogP contribution in [0.4, 0.5) is 4.79 Å². The third kappa shape index (κ3) is 4.77. The summed E-state index contributed by atoms with van der Waals surface area (Å²) in [5, 5.41) is 4.51. The Labute approximate surface area is 143 Å². The molecule has 3 amide bonds. The molecule has 1 atom stereocenters. The third-order valence-electron chi connectivity index (χ3n) is 3.18. The lowest BCUT2D eigenvalue weighted by atomic mass is 10.1. The second-order valence-corrected chi connectivity index (χ2v) is 4.96. The third-order valence-corrected chi connectivity index (χ3v) is 3.18. The number of aromatic nitrogens is 1. The average Bonchev–Trinajstić information content (AvgIpc) is 2.60. The molecule has 0 bridgehead atoms. The van der Waals surface area contributed by atoms with E-state index >= 15 is 0 Å². The summed E-state index contributed by atoms with van der Waals surface area (Å²) in [5.74, 6) is -1.79. The van der Waals surface area contributed by atoms with Crippen molar-refractivity contribution in [2.24, 2.45) is 0 Å². The number of H-pyrrole nitrogens is 1. The van der Waals surface area contributed by atoms with E-state index in [2.05, 4.69) is 15.6 Å². The predicted molar refractivity (Wildman–Crippen MR) is 88.9 cm³/mol. The molecule has 0 radical (unpaired) electrons. The van der Waals surface area contributed by atoms with Gasteiger partial charge >= 0.3 is 12.0 Å². The Balaban J connectivity index is 2.25. The van der Waals surface area contributed by atoms with Gasteiger partial charge in [0.25, 0.3) is 11.5 Å². The van der Waals surface area contributed by atoms with Crippen LogP contribution in [0.25, 0.3) is 0 Å². The summed E-state index contributed by atoms with van der Waals surface area (Å²) in [6, 6.07) is 10.2. The fraction of sp³-hybridized carbons (Fsp3) is 0.176. The zero-order chi connectivity index (χ0) is 18.2. The number of rotatable bonds is 5. The second-order valence-electron chi connectivity index (χ2n) is 4.96. The van der Waals surface area contributed by atoms with Gasteiger partial charge in [0, 0.05) is 18.3 Å². The zero-order valence-corrected chi connectivity index (χ0v) is 13.4. The quantitative estimate of drug-likeness (QED) is 0.703. The Kier molecular flexibility index (Phi) is 6.05. The first-order valence-electron chi connectivity index (χ1n) is 7.55. The van der Waals surface area contributed by atoms with Gasteiger partial charge in [0.15, 0.2) is 0 Å². The molecule has 1 aromatic heterocycles. The van der Waals surface area contributed by atoms with Gasteiger partial charge in [-0.05, 0) is 19.1 Å². The number of hydrogen-bond donors (Lipinski definition) is 3. The molecule has 2 aromatic rings. The SMILES string of the molecule is CCNC(=O)NC(=O)[C@H](OC(=O)c1ccc[nH]c1=O)c1ccccc1. The van der Waals surface area contributed by atoms with Crippen molar-refractivity contribution in [1.29, 1.82) is 0 Å². The number of pyridine rings is 1. The van der Waals surface area contributed by atoms with E-state index in [0.717, 1.165) is 0 Å².